The van der Waals surface area contributed by atoms with Gasteiger partial charge in [-0.1, -0.05) is 18.3 Å². The molecule has 106 valence electrons. The molecule has 0 fully saturated rings. The SMILES string of the molecule is CCN(CCCN(C)C)c1cccc(Br)c1C(N)=S. The zero-order valence-corrected chi connectivity index (χ0v) is 14.2. The first-order valence-electron chi connectivity index (χ1n) is 6.45. The van der Waals surface area contributed by atoms with E-state index in [9.17, 15) is 0 Å². The quantitative estimate of drug-likeness (QED) is 0.771. The van der Waals surface area contributed by atoms with E-state index in [2.05, 4.69) is 52.8 Å². The third-order valence-corrected chi connectivity index (χ3v) is 3.86. The monoisotopic (exact) mass is 343 g/mol. The topological polar surface area (TPSA) is 32.5 Å². The van der Waals surface area contributed by atoms with E-state index >= 15 is 0 Å². The van der Waals surface area contributed by atoms with Crippen molar-refractivity contribution in [2.45, 2.75) is 13.3 Å². The molecule has 19 heavy (non-hydrogen) atoms. The van der Waals surface area contributed by atoms with Gasteiger partial charge in [0.2, 0.25) is 0 Å². The molecule has 0 radical (unpaired) electrons. The van der Waals surface area contributed by atoms with Gasteiger partial charge in [-0.25, -0.2) is 0 Å². The molecular formula is C14H22BrN3S. The van der Waals surface area contributed by atoms with Crippen molar-refractivity contribution in [1.82, 2.24) is 4.90 Å². The van der Waals surface area contributed by atoms with Gasteiger partial charge in [0.05, 0.1) is 0 Å². The van der Waals surface area contributed by atoms with Crippen molar-refractivity contribution < 1.29 is 0 Å². The van der Waals surface area contributed by atoms with Crippen molar-refractivity contribution in [1.29, 1.82) is 0 Å². The number of halogens is 1. The lowest BCUT2D eigenvalue weighted by Gasteiger charge is -2.26. The number of hydrogen-bond donors (Lipinski definition) is 1. The second kappa shape index (κ2) is 7.82. The van der Waals surface area contributed by atoms with Crippen LogP contribution >= 0.6 is 28.1 Å². The number of thiocarbonyl (C=S) groups is 1. The molecular weight excluding hydrogens is 322 g/mol. The summed E-state index contributed by atoms with van der Waals surface area (Å²) in [5.41, 5.74) is 7.90. The van der Waals surface area contributed by atoms with E-state index in [-0.39, 0.29) is 0 Å². The minimum atomic E-state index is 0.438. The normalized spacial score (nSPS) is 10.8. The van der Waals surface area contributed by atoms with E-state index in [1.54, 1.807) is 0 Å². The zero-order chi connectivity index (χ0) is 14.4. The number of benzene rings is 1. The van der Waals surface area contributed by atoms with E-state index in [4.69, 9.17) is 18.0 Å². The molecule has 3 nitrogen and oxygen atoms in total. The van der Waals surface area contributed by atoms with Gasteiger partial charge >= 0.3 is 0 Å². The van der Waals surface area contributed by atoms with Gasteiger partial charge in [0.25, 0.3) is 0 Å². The second-order valence-electron chi connectivity index (χ2n) is 4.73. The van der Waals surface area contributed by atoms with Crippen LogP contribution in [0, 0.1) is 0 Å². The molecule has 0 heterocycles. The number of anilines is 1. The third kappa shape index (κ3) is 4.75. The third-order valence-electron chi connectivity index (χ3n) is 2.99. The standard InChI is InChI=1S/C14H22BrN3S/c1-4-18(10-6-9-17(2)3)12-8-5-7-11(15)13(12)14(16)19/h5,7-8H,4,6,9-10H2,1-3H3,(H2,16,19). The predicted octanol–water partition coefficient (Wildman–Crippen LogP) is 2.86. The van der Waals surface area contributed by atoms with Gasteiger partial charge in [0.1, 0.15) is 4.99 Å². The maximum atomic E-state index is 5.85. The molecule has 1 aromatic rings. The lowest BCUT2D eigenvalue weighted by atomic mass is 10.1. The smallest absolute Gasteiger partial charge is 0.107 e. The largest absolute Gasteiger partial charge is 0.389 e. The van der Waals surface area contributed by atoms with Crippen LogP contribution in [0.25, 0.3) is 0 Å². The molecule has 0 aliphatic carbocycles. The molecule has 0 saturated heterocycles. The fraction of sp³-hybridized carbons (Fsp3) is 0.500. The van der Waals surface area contributed by atoms with Gasteiger partial charge < -0.3 is 15.5 Å². The Morgan fingerprint density at radius 2 is 2.00 bits per heavy atom. The van der Waals surface area contributed by atoms with E-state index in [0.29, 0.717) is 4.99 Å². The van der Waals surface area contributed by atoms with Gasteiger partial charge in [-0.2, -0.15) is 0 Å². The number of nitrogens with two attached hydrogens (primary N) is 1. The van der Waals surface area contributed by atoms with E-state index in [1.165, 1.54) is 0 Å². The number of hydrogen-bond acceptors (Lipinski definition) is 3. The molecule has 0 unspecified atom stereocenters. The Labute approximate surface area is 129 Å². The van der Waals surface area contributed by atoms with Crippen molar-refractivity contribution in [3.63, 3.8) is 0 Å². The van der Waals surface area contributed by atoms with Crippen molar-refractivity contribution >= 4 is 38.8 Å². The summed E-state index contributed by atoms with van der Waals surface area (Å²) in [6.45, 7) is 5.17. The Kier molecular flexibility index (Phi) is 6.75. The van der Waals surface area contributed by atoms with Crippen LogP contribution in [0.5, 0.6) is 0 Å². The summed E-state index contributed by atoms with van der Waals surface area (Å²) < 4.78 is 0.962. The molecule has 0 aromatic heterocycles. The zero-order valence-electron chi connectivity index (χ0n) is 11.8. The fourth-order valence-electron chi connectivity index (χ4n) is 2.05. The van der Waals surface area contributed by atoms with Crippen LogP contribution in [0.4, 0.5) is 5.69 Å². The lowest BCUT2D eigenvalue weighted by Crippen LogP contribution is -2.29. The minimum Gasteiger partial charge on any atom is -0.389 e. The molecule has 0 saturated carbocycles. The highest BCUT2D eigenvalue weighted by Gasteiger charge is 2.14. The molecule has 0 aliphatic heterocycles. The summed E-state index contributed by atoms with van der Waals surface area (Å²) in [7, 11) is 4.19. The Hall–Kier alpha value is -0.650. The highest BCUT2D eigenvalue weighted by atomic mass is 79.9. The summed E-state index contributed by atoms with van der Waals surface area (Å²) >= 11 is 8.71. The average Bonchev–Trinajstić information content (AvgIpc) is 2.33. The minimum absolute atomic E-state index is 0.438. The Morgan fingerprint density at radius 1 is 1.32 bits per heavy atom. The molecule has 1 rings (SSSR count). The van der Waals surface area contributed by atoms with Gasteiger partial charge in [0, 0.05) is 28.8 Å². The Balaban J connectivity index is 2.92. The molecule has 0 aliphatic rings. The number of nitrogens with zero attached hydrogens (tertiary/aromatic N) is 2. The summed E-state index contributed by atoms with van der Waals surface area (Å²) in [5, 5.41) is 0. The van der Waals surface area contributed by atoms with Gasteiger partial charge in [-0.15, -0.1) is 0 Å². The van der Waals surface area contributed by atoms with Crippen molar-refractivity contribution in [3.8, 4) is 0 Å². The van der Waals surface area contributed by atoms with Crippen LogP contribution in [0.2, 0.25) is 0 Å². The van der Waals surface area contributed by atoms with Gasteiger partial charge in [-0.05, 0) is 62.0 Å². The first-order valence-corrected chi connectivity index (χ1v) is 7.65. The molecule has 0 bridgehead atoms. The van der Waals surface area contributed by atoms with Crippen molar-refractivity contribution in [2.75, 3.05) is 38.6 Å². The van der Waals surface area contributed by atoms with E-state index in [0.717, 1.165) is 41.8 Å². The van der Waals surface area contributed by atoms with Crippen molar-refractivity contribution in [2.24, 2.45) is 5.73 Å². The summed E-state index contributed by atoms with van der Waals surface area (Å²) in [6, 6.07) is 6.08. The maximum Gasteiger partial charge on any atom is 0.107 e. The van der Waals surface area contributed by atoms with Crippen LogP contribution in [0.15, 0.2) is 22.7 Å². The lowest BCUT2D eigenvalue weighted by molar-refractivity contribution is 0.400. The van der Waals surface area contributed by atoms with E-state index in [1.807, 2.05) is 12.1 Å². The summed E-state index contributed by atoms with van der Waals surface area (Å²) in [4.78, 5) is 4.96. The molecule has 0 spiro atoms. The summed E-state index contributed by atoms with van der Waals surface area (Å²) in [6.07, 6.45) is 1.12. The van der Waals surface area contributed by atoms with Crippen LogP contribution in [0.3, 0.4) is 0 Å². The first-order chi connectivity index (χ1) is 8.97. The second-order valence-corrected chi connectivity index (χ2v) is 6.03. The van der Waals surface area contributed by atoms with E-state index < -0.39 is 0 Å². The number of rotatable bonds is 7. The fourth-order valence-corrected chi connectivity index (χ4v) is 2.96. The highest BCUT2D eigenvalue weighted by molar-refractivity contribution is 9.10. The van der Waals surface area contributed by atoms with Crippen LogP contribution in [-0.4, -0.2) is 43.6 Å². The molecule has 2 N–H and O–H groups in total. The predicted molar refractivity (Wildman–Crippen MR) is 91.1 cm³/mol. The summed E-state index contributed by atoms with van der Waals surface area (Å²) in [5.74, 6) is 0. The van der Waals surface area contributed by atoms with Crippen LogP contribution in [-0.2, 0) is 0 Å². The van der Waals surface area contributed by atoms with Crippen LogP contribution in [0.1, 0.15) is 18.9 Å². The van der Waals surface area contributed by atoms with Crippen LogP contribution < -0.4 is 10.6 Å². The molecule has 5 heteroatoms. The molecule has 0 amide bonds. The van der Waals surface area contributed by atoms with Crippen molar-refractivity contribution in [3.05, 3.63) is 28.2 Å². The Morgan fingerprint density at radius 3 is 2.53 bits per heavy atom. The highest BCUT2D eigenvalue weighted by Crippen LogP contribution is 2.28. The Bertz CT molecular complexity index is 435. The molecule has 0 atom stereocenters. The average molecular weight is 344 g/mol. The molecule has 1 aromatic carbocycles. The first kappa shape index (κ1) is 16.4. The van der Waals surface area contributed by atoms with Gasteiger partial charge in [-0.3, -0.25) is 0 Å². The maximum absolute atomic E-state index is 5.85. The van der Waals surface area contributed by atoms with Gasteiger partial charge in [0.15, 0.2) is 0 Å².